The van der Waals surface area contributed by atoms with Crippen LogP contribution >= 0.6 is 0 Å². The molecule has 0 aromatic rings. The van der Waals surface area contributed by atoms with E-state index in [-0.39, 0.29) is 0 Å². The van der Waals surface area contributed by atoms with Gasteiger partial charge in [0.1, 0.15) is 0 Å². The van der Waals surface area contributed by atoms with E-state index >= 15 is 0 Å². The van der Waals surface area contributed by atoms with Gasteiger partial charge in [-0.05, 0) is 18.8 Å². The standard InChI is InChI=1S/C11H22N2/c1-5-10(7-8-12)13-11(6-2)9(3)4/h9-11,13H,5-7H2,1-4H3. The highest BCUT2D eigenvalue weighted by Crippen LogP contribution is 2.08. The predicted octanol–water partition coefficient (Wildman–Crippen LogP) is 2.70. The summed E-state index contributed by atoms with van der Waals surface area (Å²) in [7, 11) is 0. The lowest BCUT2D eigenvalue weighted by Gasteiger charge is -2.25. The van der Waals surface area contributed by atoms with Gasteiger partial charge in [0.25, 0.3) is 0 Å². The Labute approximate surface area is 82.3 Å². The summed E-state index contributed by atoms with van der Waals surface area (Å²) < 4.78 is 0. The molecule has 0 rings (SSSR count). The molecule has 2 nitrogen and oxygen atoms in total. The Balaban J connectivity index is 3.96. The molecule has 1 N–H and O–H groups in total. The summed E-state index contributed by atoms with van der Waals surface area (Å²) in [6, 6.07) is 3.15. The van der Waals surface area contributed by atoms with Crippen molar-refractivity contribution in [1.29, 1.82) is 5.26 Å². The second-order valence-corrected chi connectivity index (χ2v) is 3.89. The Morgan fingerprint density at radius 3 is 2.15 bits per heavy atom. The molecule has 0 bridgehead atoms. The molecule has 0 aliphatic carbocycles. The van der Waals surface area contributed by atoms with Gasteiger partial charge in [-0.25, -0.2) is 0 Å². The largest absolute Gasteiger partial charge is 0.310 e. The highest BCUT2D eigenvalue weighted by Gasteiger charge is 2.14. The second-order valence-electron chi connectivity index (χ2n) is 3.89. The monoisotopic (exact) mass is 182 g/mol. The van der Waals surface area contributed by atoms with Crippen LogP contribution in [0.3, 0.4) is 0 Å². The first-order valence-corrected chi connectivity index (χ1v) is 5.28. The van der Waals surface area contributed by atoms with Crippen molar-refractivity contribution in [1.82, 2.24) is 5.32 Å². The number of nitrogens with one attached hydrogen (secondary N) is 1. The first kappa shape index (κ1) is 12.4. The molecule has 0 fully saturated rings. The maximum absolute atomic E-state index is 8.60. The number of hydrogen-bond acceptors (Lipinski definition) is 2. The van der Waals surface area contributed by atoms with Gasteiger partial charge < -0.3 is 5.32 Å². The second kappa shape index (κ2) is 6.91. The maximum atomic E-state index is 8.60. The lowest BCUT2D eigenvalue weighted by atomic mass is 9.99. The molecule has 2 atom stereocenters. The van der Waals surface area contributed by atoms with Gasteiger partial charge >= 0.3 is 0 Å². The summed E-state index contributed by atoms with van der Waals surface area (Å²) in [6.45, 7) is 8.76. The van der Waals surface area contributed by atoms with E-state index < -0.39 is 0 Å². The molecule has 0 aromatic heterocycles. The molecule has 13 heavy (non-hydrogen) atoms. The van der Waals surface area contributed by atoms with E-state index in [0.29, 0.717) is 24.4 Å². The number of rotatable bonds is 6. The smallest absolute Gasteiger partial charge is 0.0638 e. The van der Waals surface area contributed by atoms with Gasteiger partial charge in [0.15, 0.2) is 0 Å². The van der Waals surface area contributed by atoms with Crippen LogP contribution in [0.2, 0.25) is 0 Å². The third-order valence-corrected chi connectivity index (χ3v) is 2.52. The lowest BCUT2D eigenvalue weighted by molar-refractivity contribution is 0.338. The van der Waals surface area contributed by atoms with Crippen molar-refractivity contribution in [3.8, 4) is 6.07 Å². The summed E-state index contributed by atoms with van der Waals surface area (Å²) in [5.74, 6) is 0.651. The Kier molecular flexibility index (Phi) is 6.62. The van der Waals surface area contributed by atoms with Crippen molar-refractivity contribution in [3.05, 3.63) is 0 Å². The Bertz CT molecular complexity index is 158. The van der Waals surface area contributed by atoms with E-state index in [4.69, 9.17) is 5.26 Å². The van der Waals surface area contributed by atoms with E-state index in [1.807, 2.05) is 0 Å². The first-order chi connectivity index (χ1) is 6.15. The van der Waals surface area contributed by atoms with Crippen molar-refractivity contribution in [2.75, 3.05) is 0 Å². The van der Waals surface area contributed by atoms with E-state index in [1.54, 1.807) is 0 Å². The molecular formula is C11H22N2. The molecule has 0 amide bonds. The summed E-state index contributed by atoms with van der Waals surface area (Å²) in [5, 5.41) is 12.1. The Hall–Kier alpha value is -0.550. The molecule has 76 valence electrons. The summed E-state index contributed by atoms with van der Waals surface area (Å²) >= 11 is 0. The van der Waals surface area contributed by atoms with Crippen LogP contribution in [0.15, 0.2) is 0 Å². The molecule has 0 spiro atoms. The zero-order valence-corrected chi connectivity index (χ0v) is 9.30. The number of nitriles is 1. The summed E-state index contributed by atoms with van der Waals surface area (Å²) in [4.78, 5) is 0. The van der Waals surface area contributed by atoms with Gasteiger partial charge in [-0.15, -0.1) is 0 Å². The minimum atomic E-state index is 0.373. The van der Waals surface area contributed by atoms with Crippen LogP contribution in [0, 0.1) is 17.2 Å². The lowest BCUT2D eigenvalue weighted by Crippen LogP contribution is -2.40. The third kappa shape index (κ3) is 4.90. The van der Waals surface area contributed by atoms with Gasteiger partial charge in [0.05, 0.1) is 12.5 Å². The van der Waals surface area contributed by atoms with Crippen molar-refractivity contribution >= 4 is 0 Å². The molecule has 2 unspecified atom stereocenters. The van der Waals surface area contributed by atoms with Crippen LogP contribution in [-0.2, 0) is 0 Å². The average molecular weight is 182 g/mol. The van der Waals surface area contributed by atoms with Crippen LogP contribution in [0.5, 0.6) is 0 Å². The van der Waals surface area contributed by atoms with Gasteiger partial charge in [-0.2, -0.15) is 5.26 Å². The van der Waals surface area contributed by atoms with Gasteiger partial charge in [0, 0.05) is 12.1 Å². The Morgan fingerprint density at radius 2 is 1.85 bits per heavy atom. The van der Waals surface area contributed by atoms with E-state index in [0.717, 1.165) is 12.8 Å². The van der Waals surface area contributed by atoms with Crippen molar-refractivity contribution in [3.63, 3.8) is 0 Å². The average Bonchev–Trinajstić information content (AvgIpc) is 2.11. The van der Waals surface area contributed by atoms with Crippen LogP contribution in [-0.4, -0.2) is 12.1 Å². The minimum Gasteiger partial charge on any atom is -0.310 e. The van der Waals surface area contributed by atoms with Crippen LogP contribution < -0.4 is 5.32 Å². The molecule has 0 aliphatic heterocycles. The van der Waals surface area contributed by atoms with Crippen LogP contribution in [0.1, 0.15) is 47.0 Å². The fourth-order valence-corrected chi connectivity index (χ4v) is 1.52. The quantitative estimate of drug-likeness (QED) is 0.685. The predicted molar refractivity (Wildman–Crippen MR) is 56.4 cm³/mol. The molecule has 2 heteroatoms. The zero-order valence-electron chi connectivity index (χ0n) is 9.30. The normalized spacial score (nSPS) is 15.4. The summed E-state index contributed by atoms with van der Waals surface area (Å²) in [5.41, 5.74) is 0. The number of nitrogens with zero attached hydrogens (tertiary/aromatic N) is 1. The van der Waals surface area contributed by atoms with E-state index in [1.165, 1.54) is 0 Å². The van der Waals surface area contributed by atoms with Gasteiger partial charge in [-0.1, -0.05) is 27.7 Å². The molecular weight excluding hydrogens is 160 g/mol. The van der Waals surface area contributed by atoms with Crippen molar-refractivity contribution in [2.24, 2.45) is 5.92 Å². The maximum Gasteiger partial charge on any atom is 0.0638 e. The van der Waals surface area contributed by atoms with Crippen LogP contribution in [0.25, 0.3) is 0 Å². The third-order valence-electron chi connectivity index (χ3n) is 2.52. The highest BCUT2D eigenvalue weighted by molar-refractivity contribution is 4.83. The fraction of sp³-hybridized carbons (Fsp3) is 0.909. The van der Waals surface area contributed by atoms with Crippen molar-refractivity contribution < 1.29 is 0 Å². The summed E-state index contributed by atoms with van der Waals surface area (Å²) in [6.07, 6.45) is 2.80. The molecule has 0 aliphatic rings. The van der Waals surface area contributed by atoms with Gasteiger partial charge in [-0.3, -0.25) is 0 Å². The van der Waals surface area contributed by atoms with E-state index in [9.17, 15) is 0 Å². The SMILES string of the molecule is CCC(CC#N)NC(CC)C(C)C. The molecule has 0 radical (unpaired) electrons. The van der Waals surface area contributed by atoms with Crippen LogP contribution in [0.4, 0.5) is 0 Å². The fourth-order valence-electron chi connectivity index (χ4n) is 1.52. The zero-order chi connectivity index (χ0) is 10.3. The molecule has 0 saturated carbocycles. The molecule has 0 saturated heterocycles. The Morgan fingerprint density at radius 1 is 1.23 bits per heavy atom. The highest BCUT2D eigenvalue weighted by atomic mass is 14.9. The molecule has 0 aromatic carbocycles. The van der Waals surface area contributed by atoms with Gasteiger partial charge in [0.2, 0.25) is 0 Å². The minimum absolute atomic E-state index is 0.373. The topological polar surface area (TPSA) is 35.8 Å². The number of hydrogen-bond donors (Lipinski definition) is 1. The van der Waals surface area contributed by atoms with Crippen molar-refractivity contribution in [2.45, 2.75) is 59.0 Å². The first-order valence-electron chi connectivity index (χ1n) is 5.28. The molecule has 0 heterocycles. The van der Waals surface area contributed by atoms with E-state index in [2.05, 4.69) is 39.1 Å².